The standard InChI is InChI=1S/C13H20N2O3/c1-5-13(2,3)14(4)11(16)9-15-8-6-7-10(15)12(17)18/h6-8H,5,9H2,1-4H3,(H,17,18). The molecule has 0 aliphatic heterocycles. The third kappa shape index (κ3) is 2.91. The average molecular weight is 252 g/mol. The van der Waals surface area contributed by atoms with Crippen LogP contribution in [0.2, 0.25) is 0 Å². The summed E-state index contributed by atoms with van der Waals surface area (Å²) in [7, 11) is 1.75. The molecule has 1 aromatic rings. The van der Waals surface area contributed by atoms with Crippen LogP contribution in [0.4, 0.5) is 0 Å². The summed E-state index contributed by atoms with van der Waals surface area (Å²) in [6.07, 6.45) is 2.45. The zero-order chi connectivity index (χ0) is 13.9. The highest BCUT2D eigenvalue weighted by atomic mass is 16.4. The van der Waals surface area contributed by atoms with Crippen molar-refractivity contribution in [1.82, 2.24) is 9.47 Å². The molecule has 0 aliphatic rings. The minimum atomic E-state index is -1.02. The fourth-order valence-electron chi connectivity index (χ4n) is 1.57. The minimum Gasteiger partial charge on any atom is -0.477 e. The summed E-state index contributed by atoms with van der Waals surface area (Å²) < 4.78 is 1.45. The smallest absolute Gasteiger partial charge is 0.352 e. The molecule has 0 fully saturated rings. The second kappa shape index (κ2) is 5.25. The van der Waals surface area contributed by atoms with Crippen LogP contribution in [0.5, 0.6) is 0 Å². The number of hydrogen-bond donors (Lipinski definition) is 1. The molecule has 1 N–H and O–H groups in total. The third-order valence-electron chi connectivity index (χ3n) is 3.50. The lowest BCUT2D eigenvalue weighted by Gasteiger charge is -2.35. The van der Waals surface area contributed by atoms with E-state index in [1.807, 2.05) is 20.8 Å². The summed E-state index contributed by atoms with van der Waals surface area (Å²) >= 11 is 0. The quantitative estimate of drug-likeness (QED) is 0.869. The first-order valence-electron chi connectivity index (χ1n) is 5.94. The van der Waals surface area contributed by atoms with Gasteiger partial charge in [-0.25, -0.2) is 4.79 Å². The Labute approximate surface area is 107 Å². The van der Waals surface area contributed by atoms with E-state index >= 15 is 0 Å². The zero-order valence-electron chi connectivity index (χ0n) is 11.3. The molecule has 0 unspecified atom stereocenters. The Balaban J connectivity index is 2.82. The highest BCUT2D eigenvalue weighted by Crippen LogP contribution is 2.17. The van der Waals surface area contributed by atoms with Gasteiger partial charge in [-0.1, -0.05) is 6.92 Å². The van der Waals surface area contributed by atoms with Crippen molar-refractivity contribution in [2.24, 2.45) is 0 Å². The molecule has 100 valence electrons. The Morgan fingerprint density at radius 3 is 2.56 bits per heavy atom. The van der Waals surface area contributed by atoms with Gasteiger partial charge in [-0.15, -0.1) is 0 Å². The van der Waals surface area contributed by atoms with Crippen molar-refractivity contribution in [3.8, 4) is 0 Å². The lowest BCUT2D eigenvalue weighted by Crippen LogP contribution is -2.46. The van der Waals surface area contributed by atoms with E-state index in [0.717, 1.165) is 6.42 Å². The molecule has 0 saturated carbocycles. The number of nitrogens with zero attached hydrogens (tertiary/aromatic N) is 2. The molecule has 0 radical (unpaired) electrons. The van der Waals surface area contributed by atoms with E-state index < -0.39 is 5.97 Å². The van der Waals surface area contributed by atoms with Crippen molar-refractivity contribution in [2.75, 3.05) is 7.05 Å². The van der Waals surface area contributed by atoms with Crippen molar-refractivity contribution < 1.29 is 14.7 Å². The number of carboxylic acid groups (broad SMARTS) is 1. The Bertz CT molecular complexity index is 449. The number of amides is 1. The number of aromatic carboxylic acids is 1. The first-order chi connectivity index (χ1) is 8.29. The predicted molar refractivity (Wildman–Crippen MR) is 68.5 cm³/mol. The molecule has 0 aliphatic carbocycles. The highest BCUT2D eigenvalue weighted by Gasteiger charge is 2.26. The Kier molecular flexibility index (Phi) is 4.16. The Hall–Kier alpha value is -1.78. The van der Waals surface area contributed by atoms with Crippen LogP contribution in [0.3, 0.4) is 0 Å². The SMILES string of the molecule is CCC(C)(C)N(C)C(=O)Cn1cccc1C(=O)O. The molecule has 0 saturated heterocycles. The number of aromatic nitrogens is 1. The largest absolute Gasteiger partial charge is 0.477 e. The molecule has 1 amide bonds. The number of hydrogen-bond acceptors (Lipinski definition) is 2. The molecular weight excluding hydrogens is 232 g/mol. The summed E-state index contributed by atoms with van der Waals surface area (Å²) in [4.78, 5) is 24.7. The van der Waals surface area contributed by atoms with Gasteiger partial charge >= 0.3 is 5.97 Å². The van der Waals surface area contributed by atoms with Crippen LogP contribution in [0.1, 0.15) is 37.7 Å². The van der Waals surface area contributed by atoms with Crippen molar-refractivity contribution in [3.63, 3.8) is 0 Å². The van der Waals surface area contributed by atoms with E-state index in [4.69, 9.17) is 5.11 Å². The van der Waals surface area contributed by atoms with Gasteiger partial charge in [0.2, 0.25) is 5.91 Å². The lowest BCUT2D eigenvalue weighted by molar-refractivity contribution is -0.135. The van der Waals surface area contributed by atoms with Crippen LogP contribution in [-0.2, 0) is 11.3 Å². The van der Waals surface area contributed by atoms with Crippen LogP contribution in [0.25, 0.3) is 0 Å². The third-order valence-corrected chi connectivity index (χ3v) is 3.50. The molecular formula is C13H20N2O3. The van der Waals surface area contributed by atoms with E-state index in [0.29, 0.717) is 0 Å². The maximum absolute atomic E-state index is 12.1. The number of rotatable bonds is 5. The summed E-state index contributed by atoms with van der Waals surface area (Å²) in [5.41, 5.74) is -0.0979. The Morgan fingerprint density at radius 2 is 2.06 bits per heavy atom. The second-order valence-corrected chi connectivity index (χ2v) is 4.95. The van der Waals surface area contributed by atoms with Crippen molar-refractivity contribution in [3.05, 3.63) is 24.0 Å². The molecule has 0 spiro atoms. The molecule has 18 heavy (non-hydrogen) atoms. The monoisotopic (exact) mass is 252 g/mol. The zero-order valence-corrected chi connectivity index (χ0v) is 11.3. The number of carbonyl (C=O) groups is 2. The molecule has 0 atom stereocenters. The molecule has 5 nitrogen and oxygen atoms in total. The van der Waals surface area contributed by atoms with E-state index in [9.17, 15) is 9.59 Å². The van der Waals surface area contributed by atoms with Gasteiger partial charge in [0.25, 0.3) is 0 Å². The second-order valence-electron chi connectivity index (χ2n) is 4.95. The van der Waals surface area contributed by atoms with E-state index in [1.54, 1.807) is 24.2 Å². The van der Waals surface area contributed by atoms with Crippen LogP contribution in [0.15, 0.2) is 18.3 Å². The fraction of sp³-hybridized carbons (Fsp3) is 0.538. The van der Waals surface area contributed by atoms with Crippen LogP contribution in [-0.4, -0.2) is 39.0 Å². The van der Waals surface area contributed by atoms with Gasteiger partial charge in [0.05, 0.1) is 0 Å². The van der Waals surface area contributed by atoms with Gasteiger partial charge in [0.1, 0.15) is 12.2 Å². The van der Waals surface area contributed by atoms with Gasteiger partial charge < -0.3 is 14.6 Å². The molecule has 0 aromatic carbocycles. The number of carbonyl (C=O) groups excluding carboxylic acids is 1. The Morgan fingerprint density at radius 1 is 1.44 bits per heavy atom. The first kappa shape index (κ1) is 14.3. The maximum Gasteiger partial charge on any atom is 0.352 e. The van der Waals surface area contributed by atoms with Gasteiger partial charge in [0, 0.05) is 18.8 Å². The van der Waals surface area contributed by atoms with Crippen molar-refractivity contribution >= 4 is 11.9 Å². The van der Waals surface area contributed by atoms with Gasteiger partial charge in [0.15, 0.2) is 0 Å². The van der Waals surface area contributed by atoms with Gasteiger partial charge in [-0.3, -0.25) is 4.79 Å². The fourth-order valence-corrected chi connectivity index (χ4v) is 1.57. The number of likely N-dealkylation sites (N-methyl/N-ethyl adjacent to an activating group) is 1. The van der Waals surface area contributed by atoms with E-state index in [-0.39, 0.29) is 23.7 Å². The summed E-state index contributed by atoms with van der Waals surface area (Å²) in [5.74, 6) is -1.12. The predicted octanol–water partition coefficient (Wildman–Crippen LogP) is 1.83. The van der Waals surface area contributed by atoms with Crippen LogP contribution in [0, 0.1) is 0 Å². The molecule has 1 aromatic heterocycles. The summed E-state index contributed by atoms with van der Waals surface area (Å²) in [6, 6.07) is 3.11. The molecule has 1 rings (SSSR count). The van der Waals surface area contributed by atoms with Gasteiger partial charge in [-0.2, -0.15) is 0 Å². The van der Waals surface area contributed by atoms with Gasteiger partial charge in [-0.05, 0) is 32.4 Å². The minimum absolute atomic E-state index is 0.0502. The lowest BCUT2D eigenvalue weighted by atomic mass is 10.00. The van der Waals surface area contributed by atoms with Crippen LogP contribution < -0.4 is 0 Å². The average Bonchev–Trinajstić information content (AvgIpc) is 2.76. The maximum atomic E-state index is 12.1. The normalized spacial score (nSPS) is 11.3. The molecule has 1 heterocycles. The number of carboxylic acids is 1. The molecule has 0 bridgehead atoms. The van der Waals surface area contributed by atoms with Crippen molar-refractivity contribution in [2.45, 2.75) is 39.3 Å². The molecule has 5 heteroatoms. The topological polar surface area (TPSA) is 62.5 Å². The van der Waals surface area contributed by atoms with Crippen LogP contribution >= 0.6 is 0 Å². The van der Waals surface area contributed by atoms with E-state index in [2.05, 4.69) is 0 Å². The first-order valence-corrected chi connectivity index (χ1v) is 5.94. The summed E-state index contributed by atoms with van der Waals surface area (Å²) in [5, 5.41) is 8.97. The van der Waals surface area contributed by atoms with Crippen molar-refractivity contribution in [1.29, 1.82) is 0 Å². The summed E-state index contributed by atoms with van der Waals surface area (Å²) in [6.45, 7) is 6.04. The van der Waals surface area contributed by atoms with E-state index in [1.165, 1.54) is 10.6 Å². The highest BCUT2D eigenvalue weighted by molar-refractivity contribution is 5.87.